The summed E-state index contributed by atoms with van der Waals surface area (Å²) in [5, 5.41) is 39.9. The molecule has 0 aliphatic rings. The molecule has 8 rings (SSSR count). The van der Waals surface area contributed by atoms with Gasteiger partial charge < -0.3 is 22.5 Å². The lowest BCUT2D eigenvalue weighted by molar-refractivity contribution is 1.15. The van der Waals surface area contributed by atoms with Crippen molar-refractivity contribution in [2.45, 2.75) is 41.5 Å². The van der Waals surface area contributed by atoms with E-state index in [9.17, 15) is 0 Å². The number of anilines is 5. The minimum atomic E-state index is 0.135. The summed E-state index contributed by atoms with van der Waals surface area (Å²) in [4.78, 5) is 25.9. The van der Waals surface area contributed by atoms with E-state index in [1.807, 2.05) is 107 Å². The summed E-state index contributed by atoms with van der Waals surface area (Å²) in [6.45, 7) is 11.7. The van der Waals surface area contributed by atoms with Crippen LogP contribution >= 0.6 is 11.6 Å². The molecule has 328 valence electrons. The first-order valence-corrected chi connectivity index (χ1v) is 21.0. The summed E-state index contributed by atoms with van der Waals surface area (Å²) < 4.78 is 0. The van der Waals surface area contributed by atoms with E-state index < -0.39 is 0 Å². The van der Waals surface area contributed by atoms with Crippen LogP contribution in [-0.4, -0.2) is 29.9 Å². The van der Waals surface area contributed by atoms with Gasteiger partial charge in [0, 0.05) is 34.1 Å². The lowest BCUT2D eigenvalue weighted by Gasteiger charge is -2.15. The van der Waals surface area contributed by atoms with Gasteiger partial charge in [-0.15, -0.1) is 0 Å². The highest BCUT2D eigenvalue weighted by Gasteiger charge is 2.17. The number of rotatable bonds is 6. The standard InChI is InChI=1S/C26H21N7.C19H15ClN4.C7H7N3/c1-15-12-18(6-5-11-27)13-16(2)23(15)20-7-4-8-21-24(20)32-26(33-25(21)29)31-22-10-9-19(14-28)17(3)30-22;1-11-9-13(5-4-8-21)10-12(2)16(11)14-6-3-7-15-17(14)23-19(20)24-18(15)22;1-5-6(4-8)2-3-7(9)10-5/h4-10,12-13H,1-3H3,(H3,29,30,31,32,33);3-7,9-10H,1-2H3,(H2,22,23,24);2-3H,1H3,(H2,9,10)/b6-5+;5-4+;. The van der Waals surface area contributed by atoms with Gasteiger partial charge in [0.15, 0.2) is 0 Å². The monoisotopic (exact) mass is 898 g/mol. The molecule has 4 aromatic carbocycles. The van der Waals surface area contributed by atoms with Crippen LogP contribution in [-0.2, 0) is 0 Å². The molecule has 0 aliphatic heterocycles. The van der Waals surface area contributed by atoms with Crippen LogP contribution in [0.5, 0.6) is 0 Å². The van der Waals surface area contributed by atoms with E-state index in [0.717, 1.165) is 77.4 Å². The zero-order valence-electron chi connectivity index (χ0n) is 37.5. The number of benzene rings is 4. The second-order valence-corrected chi connectivity index (χ2v) is 15.6. The molecule has 0 spiro atoms. The van der Waals surface area contributed by atoms with Crippen LogP contribution in [0.2, 0.25) is 5.28 Å². The quantitative estimate of drug-likeness (QED) is 0.0893. The molecular formula is C52H43ClN14. The summed E-state index contributed by atoms with van der Waals surface area (Å²) in [6, 6.07) is 34.7. The minimum absolute atomic E-state index is 0.135. The highest BCUT2D eigenvalue weighted by atomic mass is 35.5. The fraction of sp³-hybridized carbons (Fsp3) is 0.115. The predicted octanol–water partition coefficient (Wildman–Crippen LogP) is 10.9. The Morgan fingerprint density at radius 3 is 1.46 bits per heavy atom. The van der Waals surface area contributed by atoms with Crippen LogP contribution < -0.4 is 22.5 Å². The summed E-state index contributed by atoms with van der Waals surface area (Å²) in [5.41, 5.74) is 31.8. The van der Waals surface area contributed by atoms with Crippen LogP contribution in [0.15, 0.2) is 97.1 Å². The van der Waals surface area contributed by atoms with Gasteiger partial charge in [0.2, 0.25) is 11.2 Å². The average molecular weight is 899 g/mol. The van der Waals surface area contributed by atoms with E-state index in [2.05, 4.69) is 36.3 Å². The lowest BCUT2D eigenvalue weighted by Crippen LogP contribution is -2.04. The SMILES string of the molecule is Cc1cc(/C=C/C#N)cc(C)c1-c1cccc2c(N)nc(Cl)nc12.Cc1cc(/C=C/C#N)cc(C)c1-c1cccc2c(N)nc(Nc3ccc(C#N)c(C)n3)nc12.Cc1nc(N)ccc1C#N. The molecule has 7 N–H and O–H groups in total. The number of nitrogens with two attached hydrogens (primary N) is 3. The Morgan fingerprint density at radius 2 is 1.00 bits per heavy atom. The van der Waals surface area contributed by atoms with E-state index in [1.165, 1.54) is 12.2 Å². The van der Waals surface area contributed by atoms with Crippen molar-refractivity contribution >= 4 is 74.8 Å². The number of nitriles is 4. The van der Waals surface area contributed by atoms with Crippen LogP contribution in [0.1, 0.15) is 55.9 Å². The predicted molar refractivity (Wildman–Crippen MR) is 267 cm³/mol. The van der Waals surface area contributed by atoms with Crippen molar-refractivity contribution in [1.82, 2.24) is 29.9 Å². The number of para-hydroxylation sites is 2. The number of allylic oxidation sites excluding steroid dienone is 2. The first-order chi connectivity index (χ1) is 32.1. The largest absolute Gasteiger partial charge is 0.384 e. The molecule has 0 atom stereocenters. The van der Waals surface area contributed by atoms with Crippen molar-refractivity contribution < 1.29 is 0 Å². The van der Waals surface area contributed by atoms with Gasteiger partial charge in [0.1, 0.15) is 35.4 Å². The first-order valence-electron chi connectivity index (χ1n) is 20.6. The molecule has 4 heterocycles. The van der Waals surface area contributed by atoms with E-state index in [0.29, 0.717) is 51.7 Å². The number of nitrogens with one attached hydrogen (secondary N) is 1. The molecule has 0 amide bonds. The van der Waals surface area contributed by atoms with Crippen molar-refractivity contribution in [2.75, 3.05) is 22.5 Å². The van der Waals surface area contributed by atoms with Gasteiger partial charge in [-0.2, -0.15) is 26.0 Å². The molecule has 0 unspecified atom stereocenters. The third-order valence-electron chi connectivity index (χ3n) is 10.5. The third kappa shape index (κ3) is 10.9. The fourth-order valence-corrected chi connectivity index (χ4v) is 7.82. The Morgan fingerprint density at radius 1 is 0.537 bits per heavy atom. The summed E-state index contributed by atoms with van der Waals surface area (Å²) >= 11 is 6.00. The summed E-state index contributed by atoms with van der Waals surface area (Å²) in [6.07, 6.45) is 6.53. The topological polar surface area (TPSA) is 263 Å². The average Bonchev–Trinajstić information content (AvgIpc) is 3.28. The number of nitrogens with zero attached hydrogens (tertiary/aromatic N) is 10. The summed E-state index contributed by atoms with van der Waals surface area (Å²) in [7, 11) is 0. The smallest absolute Gasteiger partial charge is 0.230 e. The number of aryl methyl sites for hydroxylation is 6. The Bertz CT molecular complexity index is 3410. The van der Waals surface area contributed by atoms with E-state index >= 15 is 0 Å². The molecule has 0 bridgehead atoms. The van der Waals surface area contributed by atoms with Crippen LogP contribution in [0.3, 0.4) is 0 Å². The minimum Gasteiger partial charge on any atom is -0.384 e. The molecule has 8 aromatic rings. The molecular weight excluding hydrogens is 856 g/mol. The number of hydrogen-bond acceptors (Lipinski definition) is 14. The number of pyridine rings is 2. The Hall–Kier alpha value is -9.21. The van der Waals surface area contributed by atoms with Gasteiger partial charge in [-0.3, -0.25) is 0 Å². The zero-order chi connectivity index (χ0) is 48.4. The highest BCUT2D eigenvalue weighted by Crippen LogP contribution is 2.37. The van der Waals surface area contributed by atoms with Crippen molar-refractivity contribution in [3.05, 3.63) is 158 Å². The maximum absolute atomic E-state index is 9.13. The number of fused-ring (bicyclic) bond motifs is 2. The van der Waals surface area contributed by atoms with E-state index in [4.69, 9.17) is 54.8 Å². The second-order valence-electron chi connectivity index (χ2n) is 15.2. The molecule has 67 heavy (non-hydrogen) atoms. The zero-order valence-corrected chi connectivity index (χ0v) is 38.2. The first kappa shape index (κ1) is 47.3. The van der Waals surface area contributed by atoms with Gasteiger partial charge in [-0.25, -0.2) is 24.9 Å². The van der Waals surface area contributed by atoms with Crippen LogP contribution in [0.25, 0.3) is 56.2 Å². The maximum Gasteiger partial charge on any atom is 0.230 e. The van der Waals surface area contributed by atoms with Gasteiger partial charge in [-0.05, 0) is 146 Å². The molecule has 14 nitrogen and oxygen atoms in total. The number of aromatic nitrogens is 6. The van der Waals surface area contributed by atoms with Crippen molar-refractivity contribution in [3.8, 4) is 46.5 Å². The summed E-state index contributed by atoms with van der Waals surface area (Å²) in [5.74, 6) is 2.04. The molecule has 15 heteroatoms. The van der Waals surface area contributed by atoms with Crippen molar-refractivity contribution in [1.29, 1.82) is 21.0 Å². The number of hydrogen-bond donors (Lipinski definition) is 4. The van der Waals surface area contributed by atoms with Crippen molar-refractivity contribution in [2.24, 2.45) is 0 Å². The second kappa shape index (κ2) is 21.0. The Kier molecular flexibility index (Phi) is 14.8. The van der Waals surface area contributed by atoms with E-state index in [1.54, 1.807) is 50.3 Å². The fourth-order valence-electron chi connectivity index (χ4n) is 7.65. The number of nitrogen functional groups attached to an aromatic ring is 3. The number of halogens is 1. The molecule has 0 saturated carbocycles. The molecule has 0 saturated heterocycles. The maximum atomic E-state index is 9.13. The van der Waals surface area contributed by atoms with E-state index in [-0.39, 0.29) is 5.28 Å². The Balaban J connectivity index is 0.000000189. The molecule has 4 aromatic heterocycles. The Labute approximate surface area is 393 Å². The van der Waals surface area contributed by atoms with Gasteiger partial charge >= 0.3 is 0 Å². The lowest BCUT2D eigenvalue weighted by atomic mass is 9.92. The van der Waals surface area contributed by atoms with Crippen molar-refractivity contribution in [3.63, 3.8) is 0 Å². The molecule has 0 fully saturated rings. The van der Waals surface area contributed by atoms with Gasteiger partial charge in [0.25, 0.3) is 0 Å². The van der Waals surface area contributed by atoms with Gasteiger partial charge in [0.05, 0.1) is 45.7 Å². The van der Waals surface area contributed by atoms with Crippen LogP contribution in [0, 0.1) is 86.9 Å². The van der Waals surface area contributed by atoms with Gasteiger partial charge in [-0.1, -0.05) is 48.5 Å². The third-order valence-corrected chi connectivity index (χ3v) is 10.7. The molecule has 0 aliphatic carbocycles. The molecule has 0 radical (unpaired) electrons. The highest BCUT2D eigenvalue weighted by molar-refractivity contribution is 6.29. The van der Waals surface area contributed by atoms with Crippen LogP contribution in [0.4, 0.5) is 29.2 Å². The normalized spacial score (nSPS) is 10.6.